The highest BCUT2D eigenvalue weighted by atomic mass is 16.6. The Morgan fingerprint density at radius 1 is 1.22 bits per heavy atom. The quantitative estimate of drug-likeness (QED) is 0.804. The molecule has 4 nitrogen and oxygen atoms in total. The minimum absolute atomic E-state index is 0.0764. The van der Waals surface area contributed by atoms with Crippen LogP contribution in [-0.4, -0.2) is 32.1 Å². The van der Waals surface area contributed by atoms with E-state index >= 15 is 0 Å². The van der Waals surface area contributed by atoms with Crippen molar-refractivity contribution in [2.24, 2.45) is 11.8 Å². The van der Waals surface area contributed by atoms with Crippen LogP contribution in [0.15, 0.2) is 18.2 Å². The summed E-state index contributed by atoms with van der Waals surface area (Å²) in [5, 5.41) is 3.26. The van der Waals surface area contributed by atoms with Gasteiger partial charge in [0.15, 0.2) is 17.3 Å². The van der Waals surface area contributed by atoms with Crippen molar-refractivity contribution in [1.29, 1.82) is 0 Å². The molecule has 0 bridgehead atoms. The molecule has 2 aliphatic rings. The van der Waals surface area contributed by atoms with E-state index in [1.807, 2.05) is 18.2 Å². The lowest BCUT2D eigenvalue weighted by atomic mass is 9.89. The molecule has 1 fully saturated rings. The molecule has 2 unspecified atom stereocenters. The van der Waals surface area contributed by atoms with Crippen LogP contribution in [0.2, 0.25) is 0 Å². The summed E-state index contributed by atoms with van der Waals surface area (Å²) in [7, 11) is 0. The highest BCUT2D eigenvalue weighted by molar-refractivity contribution is 5.99. The van der Waals surface area contributed by atoms with Gasteiger partial charge in [0.05, 0.1) is 0 Å². The molecule has 1 N–H and O–H groups in total. The average molecular weight is 247 g/mol. The van der Waals surface area contributed by atoms with Crippen LogP contribution >= 0.6 is 0 Å². The molecule has 1 saturated heterocycles. The van der Waals surface area contributed by atoms with Crippen LogP contribution in [0.3, 0.4) is 0 Å². The number of ketones is 1. The van der Waals surface area contributed by atoms with Gasteiger partial charge in [-0.15, -0.1) is 0 Å². The first-order valence-electron chi connectivity index (χ1n) is 6.40. The third-order valence-electron chi connectivity index (χ3n) is 3.68. The molecule has 1 aromatic carbocycles. The molecular formula is C14H17NO3. The van der Waals surface area contributed by atoms with Gasteiger partial charge in [-0.2, -0.15) is 0 Å². The molecular weight excluding hydrogens is 230 g/mol. The third-order valence-corrected chi connectivity index (χ3v) is 3.68. The number of ether oxygens (including phenoxy) is 2. The van der Waals surface area contributed by atoms with E-state index < -0.39 is 0 Å². The maximum Gasteiger partial charge on any atom is 0.167 e. The standard InChI is InChI=1S/C14H17NO3/c1-9-7-15-8-11(9)14(16)10-2-3-12-13(6-10)18-5-4-17-12/h2-3,6,9,11,15H,4-5,7-8H2,1H3. The fraction of sp³-hybridized carbons (Fsp3) is 0.500. The van der Waals surface area contributed by atoms with E-state index in [-0.39, 0.29) is 11.7 Å². The minimum Gasteiger partial charge on any atom is -0.486 e. The number of carbonyl (C=O) groups is 1. The number of fused-ring (bicyclic) bond motifs is 1. The number of hydrogen-bond acceptors (Lipinski definition) is 4. The monoisotopic (exact) mass is 247 g/mol. The predicted molar refractivity (Wildman–Crippen MR) is 67.3 cm³/mol. The molecule has 18 heavy (non-hydrogen) atoms. The first kappa shape index (κ1) is 11.5. The lowest BCUT2D eigenvalue weighted by Crippen LogP contribution is -2.22. The van der Waals surface area contributed by atoms with Gasteiger partial charge < -0.3 is 14.8 Å². The molecule has 1 aromatic rings. The minimum atomic E-state index is 0.0764. The zero-order chi connectivity index (χ0) is 12.5. The predicted octanol–water partition coefficient (Wildman–Crippen LogP) is 1.50. The van der Waals surface area contributed by atoms with Crippen molar-refractivity contribution >= 4 is 5.78 Å². The van der Waals surface area contributed by atoms with Crippen molar-refractivity contribution in [2.75, 3.05) is 26.3 Å². The number of Topliss-reactive ketones (excluding diaryl/α,β-unsaturated/α-hetero) is 1. The van der Waals surface area contributed by atoms with Crippen LogP contribution < -0.4 is 14.8 Å². The Bertz CT molecular complexity index is 472. The second-order valence-electron chi connectivity index (χ2n) is 4.96. The zero-order valence-electron chi connectivity index (χ0n) is 10.4. The Balaban J connectivity index is 1.85. The van der Waals surface area contributed by atoms with Crippen molar-refractivity contribution in [2.45, 2.75) is 6.92 Å². The summed E-state index contributed by atoms with van der Waals surface area (Å²) >= 11 is 0. The summed E-state index contributed by atoms with van der Waals surface area (Å²) in [6, 6.07) is 5.47. The maximum atomic E-state index is 12.4. The number of rotatable bonds is 2. The van der Waals surface area contributed by atoms with E-state index in [0.29, 0.717) is 24.9 Å². The van der Waals surface area contributed by atoms with E-state index in [4.69, 9.17) is 9.47 Å². The Hall–Kier alpha value is -1.55. The van der Waals surface area contributed by atoms with Crippen LogP contribution in [0.25, 0.3) is 0 Å². The van der Waals surface area contributed by atoms with E-state index in [1.54, 1.807) is 0 Å². The molecule has 2 aliphatic heterocycles. The fourth-order valence-corrected chi connectivity index (χ4v) is 2.57. The Morgan fingerprint density at radius 3 is 2.72 bits per heavy atom. The van der Waals surface area contributed by atoms with Gasteiger partial charge in [0.1, 0.15) is 13.2 Å². The van der Waals surface area contributed by atoms with Crippen molar-refractivity contribution in [1.82, 2.24) is 5.32 Å². The molecule has 0 aromatic heterocycles. The molecule has 0 aliphatic carbocycles. The Morgan fingerprint density at radius 2 is 2.00 bits per heavy atom. The molecule has 0 amide bonds. The van der Waals surface area contributed by atoms with Gasteiger partial charge in [-0.1, -0.05) is 6.92 Å². The second-order valence-corrected chi connectivity index (χ2v) is 4.96. The highest BCUT2D eigenvalue weighted by Gasteiger charge is 2.30. The summed E-state index contributed by atoms with van der Waals surface area (Å²) in [4.78, 5) is 12.4. The summed E-state index contributed by atoms with van der Waals surface area (Å²) in [6.07, 6.45) is 0. The average Bonchev–Trinajstić information content (AvgIpc) is 2.83. The first-order chi connectivity index (χ1) is 8.75. The van der Waals surface area contributed by atoms with Crippen LogP contribution in [0.4, 0.5) is 0 Å². The van der Waals surface area contributed by atoms with Crippen molar-refractivity contribution in [3.05, 3.63) is 23.8 Å². The van der Waals surface area contributed by atoms with Gasteiger partial charge in [0.2, 0.25) is 0 Å². The number of nitrogens with one attached hydrogen (secondary N) is 1. The Labute approximate surface area is 106 Å². The van der Waals surface area contributed by atoms with Crippen LogP contribution in [0.1, 0.15) is 17.3 Å². The number of benzene rings is 1. The fourth-order valence-electron chi connectivity index (χ4n) is 2.57. The normalized spacial score (nSPS) is 26.1. The lowest BCUT2D eigenvalue weighted by Gasteiger charge is -2.19. The molecule has 96 valence electrons. The van der Waals surface area contributed by atoms with Crippen molar-refractivity contribution < 1.29 is 14.3 Å². The molecule has 2 heterocycles. The van der Waals surface area contributed by atoms with Crippen LogP contribution in [0.5, 0.6) is 11.5 Å². The van der Waals surface area contributed by atoms with Crippen LogP contribution in [0, 0.1) is 11.8 Å². The summed E-state index contributed by atoms with van der Waals surface area (Å²) in [6.45, 7) is 4.92. The van der Waals surface area contributed by atoms with Gasteiger partial charge in [-0.05, 0) is 30.7 Å². The van der Waals surface area contributed by atoms with Gasteiger partial charge in [0, 0.05) is 18.0 Å². The van der Waals surface area contributed by atoms with Gasteiger partial charge >= 0.3 is 0 Å². The van der Waals surface area contributed by atoms with E-state index in [0.717, 1.165) is 24.4 Å². The SMILES string of the molecule is CC1CNCC1C(=O)c1ccc2c(c1)OCCO2. The van der Waals surface area contributed by atoms with Gasteiger partial charge in [-0.3, -0.25) is 4.79 Å². The summed E-state index contributed by atoms with van der Waals surface area (Å²) in [5.41, 5.74) is 0.722. The Kier molecular flexibility index (Phi) is 2.96. The maximum absolute atomic E-state index is 12.4. The highest BCUT2D eigenvalue weighted by Crippen LogP contribution is 2.32. The van der Waals surface area contributed by atoms with Crippen molar-refractivity contribution in [3.63, 3.8) is 0 Å². The number of hydrogen-bond donors (Lipinski definition) is 1. The van der Waals surface area contributed by atoms with E-state index in [2.05, 4.69) is 12.2 Å². The molecule has 4 heteroatoms. The topological polar surface area (TPSA) is 47.6 Å². The molecule has 2 atom stereocenters. The molecule has 3 rings (SSSR count). The second kappa shape index (κ2) is 4.61. The third kappa shape index (κ3) is 1.97. The van der Waals surface area contributed by atoms with Gasteiger partial charge in [0.25, 0.3) is 0 Å². The lowest BCUT2D eigenvalue weighted by molar-refractivity contribution is 0.0906. The van der Waals surface area contributed by atoms with Crippen molar-refractivity contribution in [3.8, 4) is 11.5 Å². The van der Waals surface area contributed by atoms with E-state index in [9.17, 15) is 4.79 Å². The van der Waals surface area contributed by atoms with Crippen LogP contribution in [-0.2, 0) is 0 Å². The number of carbonyl (C=O) groups excluding carboxylic acids is 1. The smallest absolute Gasteiger partial charge is 0.167 e. The summed E-state index contributed by atoms with van der Waals surface area (Å²) in [5.74, 6) is 2.09. The van der Waals surface area contributed by atoms with E-state index in [1.165, 1.54) is 0 Å². The molecule has 0 spiro atoms. The molecule has 0 radical (unpaired) electrons. The molecule has 0 saturated carbocycles. The largest absolute Gasteiger partial charge is 0.486 e. The zero-order valence-corrected chi connectivity index (χ0v) is 10.4. The van der Waals surface area contributed by atoms with Gasteiger partial charge in [-0.25, -0.2) is 0 Å². The summed E-state index contributed by atoms with van der Waals surface area (Å²) < 4.78 is 11.0. The first-order valence-corrected chi connectivity index (χ1v) is 6.40.